The standard InChI is InChI=1S/C12H23N/c1-5-9-12(6-2)10-7-8-11-13(3)4/h2,5,7-11H2,1,3-4H3. The van der Waals surface area contributed by atoms with Crippen LogP contribution in [0.15, 0.2) is 17.9 Å². The zero-order chi connectivity index (χ0) is 10.1. The van der Waals surface area contributed by atoms with Crippen molar-refractivity contribution in [2.24, 2.45) is 0 Å². The van der Waals surface area contributed by atoms with Crippen LogP contribution >= 0.6 is 0 Å². The summed E-state index contributed by atoms with van der Waals surface area (Å²) in [5.41, 5.74) is 4.45. The molecule has 1 nitrogen and oxygen atoms in total. The van der Waals surface area contributed by atoms with Crippen molar-refractivity contribution in [2.45, 2.75) is 39.0 Å². The third kappa shape index (κ3) is 7.83. The van der Waals surface area contributed by atoms with Gasteiger partial charge in [-0.3, -0.25) is 0 Å². The number of rotatable bonds is 7. The number of unbranched alkanes of at least 4 members (excludes halogenated alkanes) is 1. The van der Waals surface area contributed by atoms with Crippen molar-refractivity contribution < 1.29 is 0 Å². The highest BCUT2D eigenvalue weighted by Crippen LogP contribution is 2.11. The van der Waals surface area contributed by atoms with Crippen molar-refractivity contribution in [3.8, 4) is 0 Å². The Balaban J connectivity index is 3.45. The van der Waals surface area contributed by atoms with Gasteiger partial charge in [0.25, 0.3) is 0 Å². The molecule has 0 rings (SSSR count). The van der Waals surface area contributed by atoms with E-state index < -0.39 is 0 Å². The first-order valence-corrected chi connectivity index (χ1v) is 5.23. The molecular formula is C12H23N. The lowest BCUT2D eigenvalue weighted by atomic mass is 10.1. The van der Waals surface area contributed by atoms with Crippen molar-refractivity contribution in [2.75, 3.05) is 20.6 Å². The minimum atomic E-state index is 1.17. The molecule has 0 radical (unpaired) electrons. The summed E-state index contributed by atoms with van der Waals surface area (Å²) in [5.74, 6) is 0. The van der Waals surface area contributed by atoms with E-state index in [4.69, 9.17) is 0 Å². The lowest BCUT2D eigenvalue weighted by molar-refractivity contribution is 0.394. The summed E-state index contributed by atoms with van der Waals surface area (Å²) in [6.45, 7) is 7.12. The van der Waals surface area contributed by atoms with Crippen LogP contribution in [0.3, 0.4) is 0 Å². The Kier molecular flexibility index (Phi) is 7.77. The van der Waals surface area contributed by atoms with Gasteiger partial charge in [0.15, 0.2) is 0 Å². The molecule has 0 spiro atoms. The van der Waals surface area contributed by atoms with Gasteiger partial charge in [0, 0.05) is 0 Å². The summed E-state index contributed by atoms with van der Waals surface area (Å²) in [7, 11) is 4.24. The first-order chi connectivity index (χ1) is 6.20. The first-order valence-electron chi connectivity index (χ1n) is 5.23. The molecule has 0 saturated heterocycles. The minimum absolute atomic E-state index is 1.17. The summed E-state index contributed by atoms with van der Waals surface area (Å²) in [5, 5.41) is 0. The fraction of sp³-hybridized carbons (Fsp3) is 0.750. The smallest absolute Gasteiger partial charge is 0.00247 e. The van der Waals surface area contributed by atoms with Gasteiger partial charge >= 0.3 is 0 Å². The Bertz CT molecular complexity index is 164. The molecule has 0 aliphatic carbocycles. The molecular weight excluding hydrogens is 158 g/mol. The van der Waals surface area contributed by atoms with Crippen LogP contribution in [0.4, 0.5) is 0 Å². The highest BCUT2D eigenvalue weighted by molar-refractivity contribution is 4.98. The summed E-state index contributed by atoms with van der Waals surface area (Å²) in [6, 6.07) is 0. The van der Waals surface area contributed by atoms with Gasteiger partial charge < -0.3 is 4.90 Å². The van der Waals surface area contributed by atoms with Gasteiger partial charge in [-0.1, -0.05) is 19.9 Å². The lowest BCUT2D eigenvalue weighted by Crippen LogP contribution is -2.12. The lowest BCUT2D eigenvalue weighted by Gasteiger charge is -2.09. The van der Waals surface area contributed by atoms with E-state index in [9.17, 15) is 0 Å². The molecule has 0 atom stereocenters. The molecule has 0 amide bonds. The van der Waals surface area contributed by atoms with Gasteiger partial charge in [-0.25, -0.2) is 0 Å². The molecule has 0 aliphatic heterocycles. The van der Waals surface area contributed by atoms with E-state index in [1.54, 1.807) is 0 Å². The van der Waals surface area contributed by atoms with Crippen LogP contribution in [0.25, 0.3) is 0 Å². The Morgan fingerprint density at radius 2 is 1.92 bits per heavy atom. The Labute approximate surface area is 83.1 Å². The van der Waals surface area contributed by atoms with E-state index in [2.05, 4.69) is 38.2 Å². The number of hydrogen-bond donors (Lipinski definition) is 0. The molecule has 76 valence electrons. The van der Waals surface area contributed by atoms with Gasteiger partial charge in [-0.2, -0.15) is 0 Å². The van der Waals surface area contributed by atoms with Gasteiger partial charge in [-0.05, 0) is 51.9 Å². The molecule has 0 aliphatic rings. The maximum atomic E-state index is 3.72. The van der Waals surface area contributed by atoms with E-state index in [1.165, 1.54) is 44.2 Å². The molecule has 0 aromatic rings. The van der Waals surface area contributed by atoms with Crippen LogP contribution in [0.2, 0.25) is 0 Å². The number of hydrogen-bond acceptors (Lipinski definition) is 1. The highest BCUT2D eigenvalue weighted by atomic mass is 15.0. The van der Waals surface area contributed by atoms with Crippen molar-refractivity contribution >= 4 is 0 Å². The molecule has 0 aromatic carbocycles. The van der Waals surface area contributed by atoms with Crippen LogP contribution in [-0.4, -0.2) is 25.5 Å². The summed E-state index contributed by atoms with van der Waals surface area (Å²) in [6.07, 6.45) is 6.13. The number of nitrogens with zero attached hydrogens (tertiary/aromatic N) is 1. The van der Waals surface area contributed by atoms with Gasteiger partial charge in [0.05, 0.1) is 0 Å². The van der Waals surface area contributed by atoms with E-state index >= 15 is 0 Å². The Morgan fingerprint density at radius 1 is 1.23 bits per heavy atom. The Morgan fingerprint density at radius 3 is 2.38 bits per heavy atom. The summed E-state index contributed by atoms with van der Waals surface area (Å²) in [4.78, 5) is 2.23. The zero-order valence-corrected chi connectivity index (χ0v) is 9.40. The van der Waals surface area contributed by atoms with Crippen LogP contribution in [0, 0.1) is 0 Å². The number of allylic oxidation sites excluding steroid dienone is 1. The summed E-state index contributed by atoms with van der Waals surface area (Å²) < 4.78 is 0. The van der Waals surface area contributed by atoms with Crippen LogP contribution in [-0.2, 0) is 0 Å². The molecule has 1 heteroatoms. The molecule has 0 saturated carbocycles. The van der Waals surface area contributed by atoms with E-state index in [0.717, 1.165) is 0 Å². The van der Waals surface area contributed by atoms with Crippen molar-refractivity contribution in [1.82, 2.24) is 4.90 Å². The molecule has 0 N–H and O–H groups in total. The summed E-state index contributed by atoms with van der Waals surface area (Å²) >= 11 is 0. The quantitative estimate of drug-likeness (QED) is 0.430. The largest absolute Gasteiger partial charge is 0.309 e. The molecule has 0 heterocycles. The highest BCUT2D eigenvalue weighted by Gasteiger charge is 1.96. The maximum absolute atomic E-state index is 3.72. The predicted molar refractivity (Wildman–Crippen MR) is 60.0 cm³/mol. The second-order valence-corrected chi connectivity index (χ2v) is 3.79. The average Bonchev–Trinajstić information content (AvgIpc) is 2.10. The van der Waals surface area contributed by atoms with Gasteiger partial charge in [-0.15, -0.1) is 5.73 Å². The molecule has 0 aromatic heterocycles. The maximum Gasteiger partial charge on any atom is -0.00247 e. The third-order valence-corrected chi connectivity index (χ3v) is 2.14. The molecule has 0 unspecified atom stereocenters. The fourth-order valence-electron chi connectivity index (χ4n) is 1.37. The normalized spacial score (nSPS) is 10.2. The van der Waals surface area contributed by atoms with Crippen LogP contribution < -0.4 is 0 Å². The average molecular weight is 181 g/mol. The van der Waals surface area contributed by atoms with Crippen molar-refractivity contribution in [3.63, 3.8) is 0 Å². The fourth-order valence-corrected chi connectivity index (χ4v) is 1.37. The third-order valence-electron chi connectivity index (χ3n) is 2.14. The monoisotopic (exact) mass is 181 g/mol. The van der Waals surface area contributed by atoms with E-state index in [0.29, 0.717) is 0 Å². The second kappa shape index (κ2) is 8.10. The van der Waals surface area contributed by atoms with Crippen LogP contribution in [0.5, 0.6) is 0 Å². The second-order valence-electron chi connectivity index (χ2n) is 3.79. The zero-order valence-electron chi connectivity index (χ0n) is 9.40. The predicted octanol–water partition coefficient (Wildman–Crippen LogP) is 3.23. The topological polar surface area (TPSA) is 3.24 Å². The van der Waals surface area contributed by atoms with Gasteiger partial charge in [0.2, 0.25) is 0 Å². The van der Waals surface area contributed by atoms with Gasteiger partial charge in [0.1, 0.15) is 0 Å². The van der Waals surface area contributed by atoms with Crippen molar-refractivity contribution in [3.05, 3.63) is 17.9 Å². The first kappa shape index (κ1) is 12.5. The van der Waals surface area contributed by atoms with Crippen LogP contribution in [0.1, 0.15) is 39.0 Å². The molecule has 0 fully saturated rings. The molecule has 0 bridgehead atoms. The minimum Gasteiger partial charge on any atom is -0.309 e. The Hall–Kier alpha value is -0.520. The van der Waals surface area contributed by atoms with Crippen molar-refractivity contribution in [1.29, 1.82) is 0 Å². The van der Waals surface area contributed by atoms with E-state index in [1.807, 2.05) is 0 Å². The molecule has 13 heavy (non-hydrogen) atoms. The SMILES string of the molecule is C=C=C(CCC)CCCCN(C)C. The van der Waals surface area contributed by atoms with E-state index in [-0.39, 0.29) is 0 Å².